The van der Waals surface area contributed by atoms with Crippen LogP contribution in [0.1, 0.15) is 16.7 Å². The number of imidazole rings is 1. The van der Waals surface area contributed by atoms with Gasteiger partial charge in [0, 0.05) is 14.1 Å². The second kappa shape index (κ2) is 7.79. The highest BCUT2D eigenvalue weighted by atomic mass is 16.5. The lowest BCUT2D eigenvalue weighted by atomic mass is 10.1. The summed E-state index contributed by atoms with van der Waals surface area (Å²) < 4.78 is 15.5. The second-order valence-electron chi connectivity index (χ2n) is 7.55. The van der Waals surface area contributed by atoms with E-state index in [1.165, 1.54) is 11.6 Å². The van der Waals surface area contributed by atoms with Crippen LogP contribution in [0.25, 0.3) is 11.2 Å². The minimum Gasteiger partial charge on any atom is -0.497 e. The Kier molecular flexibility index (Phi) is 5.14. The molecule has 2 aromatic heterocycles. The molecule has 0 fully saturated rings. The van der Waals surface area contributed by atoms with Gasteiger partial charge in [0.25, 0.3) is 5.56 Å². The summed E-state index contributed by atoms with van der Waals surface area (Å²) in [6, 6.07) is 13.5. The lowest BCUT2D eigenvalue weighted by Crippen LogP contribution is -2.37. The molecule has 0 amide bonds. The number of aryl methyl sites for hydroxylation is 3. The van der Waals surface area contributed by atoms with E-state index in [2.05, 4.69) is 4.98 Å². The first-order valence-electron chi connectivity index (χ1n) is 9.84. The van der Waals surface area contributed by atoms with Gasteiger partial charge in [-0.25, -0.2) is 4.79 Å². The Morgan fingerprint density at radius 1 is 0.903 bits per heavy atom. The quantitative estimate of drug-likeness (QED) is 0.496. The summed E-state index contributed by atoms with van der Waals surface area (Å²) in [5.74, 6) is 1.35. The average Bonchev–Trinajstić information content (AvgIpc) is 3.12. The molecular formula is C23H24N4O4. The maximum atomic E-state index is 13.0. The van der Waals surface area contributed by atoms with Crippen LogP contribution in [0, 0.1) is 13.8 Å². The number of aromatic nitrogens is 4. The number of hydrogen-bond donors (Lipinski definition) is 0. The van der Waals surface area contributed by atoms with Crippen molar-refractivity contribution in [2.24, 2.45) is 14.1 Å². The van der Waals surface area contributed by atoms with Crippen molar-refractivity contribution in [3.8, 4) is 17.5 Å². The van der Waals surface area contributed by atoms with Gasteiger partial charge in [0.05, 0.1) is 13.7 Å². The molecule has 8 heteroatoms. The van der Waals surface area contributed by atoms with Gasteiger partial charge in [-0.2, -0.15) is 4.98 Å². The molecule has 0 N–H and O–H groups in total. The van der Waals surface area contributed by atoms with Crippen LogP contribution in [-0.2, 0) is 20.6 Å². The highest BCUT2D eigenvalue weighted by molar-refractivity contribution is 5.72. The van der Waals surface area contributed by atoms with Gasteiger partial charge in [0.2, 0.25) is 0 Å². The van der Waals surface area contributed by atoms with Crippen LogP contribution in [0.15, 0.2) is 52.1 Å². The maximum absolute atomic E-state index is 13.0. The summed E-state index contributed by atoms with van der Waals surface area (Å²) in [5, 5.41) is 0. The zero-order valence-corrected chi connectivity index (χ0v) is 18.2. The Morgan fingerprint density at radius 3 is 2.23 bits per heavy atom. The van der Waals surface area contributed by atoms with Crippen molar-refractivity contribution in [3.63, 3.8) is 0 Å². The Balaban J connectivity index is 1.90. The molecule has 0 bridgehead atoms. The molecule has 4 aromatic rings. The standard InChI is InChI=1S/C23H24N4O4/c1-14-6-9-18(12-15(14)2)31-22-24-20-19(21(28)26(4)23(29)25(20)3)27(22)13-16-7-10-17(30-5)11-8-16/h6-12H,13H2,1-5H3. The lowest BCUT2D eigenvalue weighted by Gasteiger charge is -2.11. The fraction of sp³-hybridized carbons (Fsp3) is 0.261. The molecule has 0 saturated heterocycles. The van der Waals surface area contributed by atoms with Gasteiger partial charge >= 0.3 is 11.7 Å². The predicted octanol–water partition coefficient (Wildman–Crippen LogP) is 2.90. The van der Waals surface area contributed by atoms with E-state index in [4.69, 9.17) is 9.47 Å². The minimum absolute atomic E-state index is 0.243. The fourth-order valence-electron chi connectivity index (χ4n) is 3.45. The largest absolute Gasteiger partial charge is 0.497 e. The van der Waals surface area contributed by atoms with Crippen molar-refractivity contribution in [2.45, 2.75) is 20.4 Å². The minimum atomic E-state index is -0.440. The normalized spacial score (nSPS) is 11.1. The molecule has 0 saturated carbocycles. The van der Waals surface area contributed by atoms with Crippen LogP contribution in [0.3, 0.4) is 0 Å². The van der Waals surface area contributed by atoms with Crippen LogP contribution in [0.2, 0.25) is 0 Å². The van der Waals surface area contributed by atoms with E-state index in [9.17, 15) is 9.59 Å². The molecule has 0 aliphatic rings. The lowest BCUT2D eigenvalue weighted by molar-refractivity contribution is 0.414. The highest BCUT2D eigenvalue weighted by Gasteiger charge is 2.21. The first kappa shape index (κ1) is 20.5. The van der Waals surface area contributed by atoms with Gasteiger partial charge in [-0.3, -0.25) is 18.5 Å². The summed E-state index contributed by atoms with van der Waals surface area (Å²) in [5.41, 5.74) is 2.88. The van der Waals surface area contributed by atoms with Crippen molar-refractivity contribution in [1.29, 1.82) is 0 Å². The third-order valence-electron chi connectivity index (χ3n) is 5.50. The molecule has 0 atom stereocenters. The number of fused-ring (bicyclic) bond motifs is 1. The fourth-order valence-corrected chi connectivity index (χ4v) is 3.45. The molecule has 0 aliphatic heterocycles. The van der Waals surface area contributed by atoms with E-state index in [1.807, 2.05) is 56.3 Å². The van der Waals surface area contributed by atoms with Crippen LogP contribution in [0.4, 0.5) is 0 Å². The van der Waals surface area contributed by atoms with E-state index in [0.717, 1.165) is 27.0 Å². The van der Waals surface area contributed by atoms with Gasteiger partial charge in [-0.15, -0.1) is 0 Å². The molecule has 0 spiro atoms. The smallest absolute Gasteiger partial charge is 0.332 e. The molecule has 0 unspecified atom stereocenters. The number of ether oxygens (including phenoxy) is 2. The summed E-state index contributed by atoms with van der Waals surface area (Å²) in [6.45, 7) is 4.37. The van der Waals surface area contributed by atoms with Crippen molar-refractivity contribution >= 4 is 11.2 Å². The average molecular weight is 420 g/mol. The van der Waals surface area contributed by atoms with E-state index in [-0.39, 0.29) is 11.7 Å². The monoisotopic (exact) mass is 420 g/mol. The van der Waals surface area contributed by atoms with Gasteiger partial charge < -0.3 is 9.47 Å². The Morgan fingerprint density at radius 2 is 1.58 bits per heavy atom. The number of methoxy groups -OCH3 is 1. The van der Waals surface area contributed by atoms with E-state index in [0.29, 0.717) is 17.8 Å². The molecular weight excluding hydrogens is 396 g/mol. The van der Waals surface area contributed by atoms with Crippen molar-refractivity contribution in [2.75, 3.05) is 7.11 Å². The summed E-state index contributed by atoms with van der Waals surface area (Å²) in [7, 11) is 4.66. The SMILES string of the molecule is COc1ccc(Cn2c(Oc3ccc(C)c(C)c3)nc3c2c(=O)n(C)c(=O)n3C)cc1. The van der Waals surface area contributed by atoms with Crippen LogP contribution in [0.5, 0.6) is 17.5 Å². The number of benzene rings is 2. The second-order valence-corrected chi connectivity index (χ2v) is 7.55. The van der Waals surface area contributed by atoms with Crippen LogP contribution < -0.4 is 20.7 Å². The number of nitrogens with zero attached hydrogens (tertiary/aromatic N) is 4. The van der Waals surface area contributed by atoms with E-state index >= 15 is 0 Å². The van der Waals surface area contributed by atoms with E-state index < -0.39 is 11.2 Å². The van der Waals surface area contributed by atoms with Gasteiger partial charge in [-0.1, -0.05) is 18.2 Å². The topological polar surface area (TPSA) is 80.3 Å². The first-order chi connectivity index (χ1) is 14.8. The third-order valence-corrected chi connectivity index (χ3v) is 5.50. The summed E-state index contributed by atoms with van der Waals surface area (Å²) >= 11 is 0. The molecule has 8 nitrogen and oxygen atoms in total. The van der Waals surface area contributed by atoms with Crippen molar-refractivity contribution in [3.05, 3.63) is 80.0 Å². The molecule has 0 radical (unpaired) electrons. The summed E-state index contributed by atoms with van der Waals surface area (Å²) in [6.07, 6.45) is 0. The number of hydrogen-bond acceptors (Lipinski definition) is 5. The number of rotatable bonds is 5. The van der Waals surface area contributed by atoms with Crippen LogP contribution in [-0.4, -0.2) is 25.8 Å². The molecule has 2 heterocycles. The Labute approximate surface area is 178 Å². The third kappa shape index (κ3) is 3.61. The first-order valence-corrected chi connectivity index (χ1v) is 9.84. The van der Waals surface area contributed by atoms with E-state index in [1.54, 1.807) is 18.7 Å². The predicted molar refractivity (Wildman–Crippen MR) is 118 cm³/mol. The zero-order valence-electron chi connectivity index (χ0n) is 18.2. The van der Waals surface area contributed by atoms with Crippen molar-refractivity contribution in [1.82, 2.24) is 18.7 Å². The van der Waals surface area contributed by atoms with Gasteiger partial charge in [0.1, 0.15) is 11.5 Å². The summed E-state index contributed by atoms with van der Waals surface area (Å²) in [4.78, 5) is 29.9. The van der Waals surface area contributed by atoms with Crippen LogP contribution >= 0.6 is 0 Å². The highest BCUT2D eigenvalue weighted by Crippen LogP contribution is 2.27. The molecule has 0 aliphatic carbocycles. The zero-order chi connectivity index (χ0) is 22.3. The maximum Gasteiger partial charge on any atom is 0.332 e. The van der Waals surface area contributed by atoms with Gasteiger partial charge in [-0.05, 0) is 54.8 Å². The van der Waals surface area contributed by atoms with Crippen molar-refractivity contribution < 1.29 is 9.47 Å². The molecule has 2 aromatic carbocycles. The molecule has 160 valence electrons. The van der Waals surface area contributed by atoms with Gasteiger partial charge in [0.15, 0.2) is 11.2 Å². The molecule has 4 rings (SSSR count). The Hall–Kier alpha value is -3.81. The Bertz CT molecular complexity index is 1390. The molecule has 31 heavy (non-hydrogen) atoms.